The van der Waals surface area contributed by atoms with E-state index in [0.29, 0.717) is 6.04 Å². The first-order valence-electron chi connectivity index (χ1n) is 7.27. The summed E-state index contributed by atoms with van der Waals surface area (Å²) < 4.78 is 5.83. The van der Waals surface area contributed by atoms with Crippen LogP contribution in [0.5, 0.6) is 5.75 Å². The lowest BCUT2D eigenvalue weighted by Crippen LogP contribution is -2.25. The summed E-state index contributed by atoms with van der Waals surface area (Å²) in [4.78, 5) is 0. The highest BCUT2D eigenvalue weighted by Crippen LogP contribution is 2.26. The minimum Gasteiger partial charge on any atom is -0.494 e. The van der Waals surface area contributed by atoms with Gasteiger partial charge in [-0.2, -0.15) is 0 Å². The van der Waals surface area contributed by atoms with Gasteiger partial charge >= 0.3 is 0 Å². The maximum Gasteiger partial charge on any atom is 0.119 e. The highest BCUT2D eigenvalue weighted by molar-refractivity contribution is 5.38. The molecule has 1 aliphatic rings. The first-order valence-corrected chi connectivity index (χ1v) is 7.27. The average molecular weight is 247 g/mol. The molecule has 1 N–H and O–H groups in total. The molecule has 18 heavy (non-hydrogen) atoms. The van der Waals surface area contributed by atoms with Crippen LogP contribution in [0.1, 0.15) is 44.2 Å². The predicted molar refractivity (Wildman–Crippen MR) is 76.3 cm³/mol. The Bertz CT molecular complexity index is 375. The molecule has 1 atom stereocenters. The zero-order valence-corrected chi connectivity index (χ0v) is 11.7. The number of hydrogen-bond donors (Lipinski definition) is 1. The molecule has 0 heterocycles. The van der Waals surface area contributed by atoms with Gasteiger partial charge in [-0.3, -0.25) is 0 Å². The molecule has 100 valence electrons. The maximum atomic E-state index is 5.83. The molecule has 2 nitrogen and oxygen atoms in total. The lowest BCUT2D eigenvalue weighted by molar-refractivity contribution is 0.298. The molecule has 0 aliphatic heterocycles. The van der Waals surface area contributed by atoms with Gasteiger partial charge in [0.15, 0.2) is 0 Å². The molecule has 0 fully saturated rings. The molecule has 1 aliphatic carbocycles. The van der Waals surface area contributed by atoms with Crippen LogP contribution >= 0.6 is 0 Å². The van der Waals surface area contributed by atoms with Gasteiger partial charge in [0.25, 0.3) is 0 Å². The molecule has 0 saturated heterocycles. The number of aryl methyl sites for hydroxylation is 2. The number of fused-ring (bicyclic) bond motifs is 1. The fraction of sp³-hybridized carbons (Fsp3) is 0.625. The van der Waals surface area contributed by atoms with Crippen molar-refractivity contribution in [1.29, 1.82) is 0 Å². The Morgan fingerprint density at radius 3 is 2.94 bits per heavy atom. The molecule has 2 rings (SSSR count). The van der Waals surface area contributed by atoms with Crippen molar-refractivity contribution in [3.8, 4) is 5.75 Å². The highest BCUT2D eigenvalue weighted by atomic mass is 16.5. The van der Waals surface area contributed by atoms with Crippen molar-refractivity contribution in [3.63, 3.8) is 0 Å². The number of ether oxygens (including phenoxy) is 1. The van der Waals surface area contributed by atoms with E-state index in [4.69, 9.17) is 4.74 Å². The Balaban J connectivity index is 1.70. The van der Waals surface area contributed by atoms with Gasteiger partial charge in [-0.15, -0.1) is 0 Å². The number of hydrogen-bond acceptors (Lipinski definition) is 2. The molecule has 2 heteroatoms. The predicted octanol–water partition coefficient (Wildman–Crippen LogP) is 3.33. The van der Waals surface area contributed by atoms with Gasteiger partial charge in [0.2, 0.25) is 0 Å². The van der Waals surface area contributed by atoms with Crippen LogP contribution in [-0.4, -0.2) is 19.2 Å². The lowest BCUT2D eigenvalue weighted by atomic mass is 10.1. The zero-order chi connectivity index (χ0) is 12.8. The molecular weight excluding hydrogens is 222 g/mol. The third-order valence-corrected chi connectivity index (χ3v) is 3.67. The quantitative estimate of drug-likeness (QED) is 0.746. The molecule has 0 spiro atoms. The fourth-order valence-electron chi connectivity index (χ4n) is 2.67. The molecule has 0 radical (unpaired) electrons. The van der Waals surface area contributed by atoms with E-state index in [0.717, 1.165) is 25.3 Å². The minimum atomic E-state index is 0.596. The van der Waals surface area contributed by atoms with Crippen LogP contribution in [0.4, 0.5) is 0 Å². The van der Waals surface area contributed by atoms with E-state index >= 15 is 0 Å². The summed E-state index contributed by atoms with van der Waals surface area (Å²) in [7, 11) is 0. The van der Waals surface area contributed by atoms with Crippen molar-refractivity contribution < 1.29 is 4.74 Å². The molecule has 0 bridgehead atoms. The van der Waals surface area contributed by atoms with E-state index in [1.54, 1.807) is 0 Å². The van der Waals surface area contributed by atoms with Crippen molar-refractivity contribution in [2.75, 3.05) is 13.2 Å². The van der Waals surface area contributed by atoms with Crippen molar-refractivity contribution in [1.82, 2.24) is 5.32 Å². The summed E-state index contributed by atoms with van der Waals surface area (Å²) in [6, 6.07) is 7.19. The van der Waals surface area contributed by atoms with Gasteiger partial charge in [-0.05, 0) is 68.8 Å². The third kappa shape index (κ3) is 3.74. The van der Waals surface area contributed by atoms with Gasteiger partial charge in [0.05, 0.1) is 6.61 Å². The van der Waals surface area contributed by atoms with Crippen molar-refractivity contribution >= 4 is 0 Å². The summed E-state index contributed by atoms with van der Waals surface area (Å²) in [5.41, 5.74) is 3.01. The first kappa shape index (κ1) is 13.4. The summed E-state index contributed by atoms with van der Waals surface area (Å²) >= 11 is 0. The van der Waals surface area contributed by atoms with E-state index in [1.807, 2.05) is 0 Å². The standard InChI is InChI=1S/C16H25NO/c1-3-17-13(2)6-5-11-18-16-10-9-14-7-4-8-15(14)12-16/h9-10,12-13,17H,3-8,11H2,1-2H3. The normalized spacial score (nSPS) is 15.4. The number of rotatable bonds is 7. The fourth-order valence-corrected chi connectivity index (χ4v) is 2.67. The summed E-state index contributed by atoms with van der Waals surface area (Å²) in [5.74, 6) is 1.05. The van der Waals surface area contributed by atoms with Crippen LogP contribution in [-0.2, 0) is 12.8 Å². The van der Waals surface area contributed by atoms with Crippen LogP contribution in [0.15, 0.2) is 18.2 Å². The Labute approximate surface area is 111 Å². The minimum absolute atomic E-state index is 0.596. The molecule has 1 aromatic carbocycles. The first-order chi connectivity index (χ1) is 8.79. The van der Waals surface area contributed by atoms with E-state index in [2.05, 4.69) is 37.4 Å². The van der Waals surface area contributed by atoms with E-state index in [1.165, 1.54) is 36.8 Å². The summed E-state index contributed by atoms with van der Waals surface area (Å²) in [6.07, 6.45) is 6.07. The largest absolute Gasteiger partial charge is 0.494 e. The van der Waals surface area contributed by atoms with Gasteiger partial charge in [0, 0.05) is 6.04 Å². The second-order valence-corrected chi connectivity index (χ2v) is 5.23. The Hall–Kier alpha value is -1.02. The van der Waals surface area contributed by atoms with Crippen molar-refractivity contribution in [3.05, 3.63) is 29.3 Å². The Morgan fingerprint density at radius 2 is 2.11 bits per heavy atom. The molecule has 0 saturated carbocycles. The third-order valence-electron chi connectivity index (χ3n) is 3.67. The van der Waals surface area contributed by atoms with E-state index in [9.17, 15) is 0 Å². The Kier molecular flexibility index (Phi) is 5.06. The molecule has 0 aromatic heterocycles. The second kappa shape index (κ2) is 6.79. The SMILES string of the molecule is CCNC(C)CCCOc1ccc2c(c1)CCC2. The lowest BCUT2D eigenvalue weighted by Gasteiger charge is -2.12. The number of nitrogens with one attached hydrogen (secondary N) is 1. The van der Waals surface area contributed by atoms with Crippen LogP contribution in [0.25, 0.3) is 0 Å². The topological polar surface area (TPSA) is 21.3 Å². The zero-order valence-electron chi connectivity index (χ0n) is 11.7. The second-order valence-electron chi connectivity index (χ2n) is 5.23. The summed E-state index contributed by atoms with van der Waals surface area (Å²) in [6.45, 7) is 6.26. The van der Waals surface area contributed by atoms with E-state index < -0.39 is 0 Å². The highest BCUT2D eigenvalue weighted by Gasteiger charge is 2.11. The van der Waals surface area contributed by atoms with Crippen LogP contribution in [0.2, 0.25) is 0 Å². The van der Waals surface area contributed by atoms with Gasteiger partial charge in [-0.1, -0.05) is 13.0 Å². The van der Waals surface area contributed by atoms with Gasteiger partial charge < -0.3 is 10.1 Å². The van der Waals surface area contributed by atoms with E-state index in [-0.39, 0.29) is 0 Å². The van der Waals surface area contributed by atoms with Crippen LogP contribution < -0.4 is 10.1 Å². The van der Waals surface area contributed by atoms with Crippen LogP contribution in [0.3, 0.4) is 0 Å². The Morgan fingerprint density at radius 1 is 1.28 bits per heavy atom. The molecule has 0 amide bonds. The monoisotopic (exact) mass is 247 g/mol. The molecular formula is C16H25NO. The van der Waals surface area contributed by atoms with Gasteiger partial charge in [-0.25, -0.2) is 0 Å². The maximum absolute atomic E-state index is 5.83. The van der Waals surface area contributed by atoms with Crippen molar-refractivity contribution in [2.24, 2.45) is 0 Å². The van der Waals surface area contributed by atoms with Crippen molar-refractivity contribution in [2.45, 2.75) is 52.0 Å². The smallest absolute Gasteiger partial charge is 0.119 e. The summed E-state index contributed by atoms with van der Waals surface area (Å²) in [5, 5.41) is 3.42. The molecule has 1 unspecified atom stereocenters. The van der Waals surface area contributed by atoms with Gasteiger partial charge in [0.1, 0.15) is 5.75 Å². The van der Waals surface area contributed by atoms with Crippen LogP contribution in [0, 0.1) is 0 Å². The number of benzene rings is 1. The molecule has 1 aromatic rings. The average Bonchev–Trinajstić information content (AvgIpc) is 2.82.